The number of aromatic nitrogens is 1. The van der Waals surface area contributed by atoms with Crippen molar-refractivity contribution in [1.82, 2.24) is 10.4 Å². The summed E-state index contributed by atoms with van der Waals surface area (Å²) in [6.45, 7) is 2.19. The maximum atomic E-state index is 5.69. The molecule has 1 unspecified atom stereocenters. The zero-order chi connectivity index (χ0) is 12.8. The molecule has 3 nitrogen and oxygen atoms in total. The van der Waals surface area contributed by atoms with Crippen LogP contribution in [0.25, 0.3) is 10.8 Å². The van der Waals surface area contributed by atoms with Gasteiger partial charge in [-0.05, 0) is 29.2 Å². The summed E-state index contributed by atoms with van der Waals surface area (Å²) in [5.41, 5.74) is 4.15. The third kappa shape index (κ3) is 3.02. The van der Waals surface area contributed by atoms with Crippen LogP contribution in [0, 0.1) is 0 Å². The van der Waals surface area contributed by atoms with Gasteiger partial charge < -0.3 is 0 Å². The molecule has 0 spiro atoms. The van der Waals surface area contributed by atoms with Crippen LogP contribution in [-0.4, -0.2) is 16.5 Å². The predicted molar refractivity (Wildman–Crippen MR) is 79.4 cm³/mol. The fraction of sp³-hybridized carbons (Fsp3) is 0.357. The van der Waals surface area contributed by atoms with Crippen LogP contribution in [-0.2, 0) is 0 Å². The SMILES string of the molecule is CCCSCC(NN)c1cccc2ccncc12. The zero-order valence-corrected chi connectivity index (χ0v) is 11.4. The van der Waals surface area contributed by atoms with Crippen molar-refractivity contribution in [2.24, 2.45) is 5.84 Å². The smallest absolute Gasteiger partial charge is 0.0557 e. The summed E-state index contributed by atoms with van der Waals surface area (Å²) in [6, 6.07) is 8.52. The van der Waals surface area contributed by atoms with Crippen molar-refractivity contribution in [2.45, 2.75) is 19.4 Å². The third-order valence-corrected chi connectivity index (χ3v) is 4.19. The summed E-state index contributed by atoms with van der Waals surface area (Å²) < 4.78 is 0. The molecule has 3 N–H and O–H groups in total. The molecule has 0 bridgehead atoms. The highest BCUT2D eigenvalue weighted by Crippen LogP contribution is 2.25. The molecule has 0 aliphatic heterocycles. The molecule has 1 atom stereocenters. The summed E-state index contributed by atoms with van der Waals surface area (Å²) in [4.78, 5) is 4.21. The Balaban J connectivity index is 2.27. The van der Waals surface area contributed by atoms with E-state index in [9.17, 15) is 0 Å². The molecule has 1 aromatic heterocycles. The standard InChI is InChI=1S/C14H19N3S/c1-2-8-18-10-14(17-15)12-5-3-4-11-6-7-16-9-13(11)12/h3-7,9,14,17H,2,8,10,15H2,1H3. The number of nitrogens with one attached hydrogen (secondary N) is 1. The Morgan fingerprint density at radius 1 is 1.39 bits per heavy atom. The molecule has 0 saturated heterocycles. The van der Waals surface area contributed by atoms with Crippen molar-refractivity contribution in [1.29, 1.82) is 0 Å². The Morgan fingerprint density at radius 2 is 2.28 bits per heavy atom. The van der Waals surface area contributed by atoms with Crippen LogP contribution in [0.3, 0.4) is 0 Å². The maximum Gasteiger partial charge on any atom is 0.0557 e. The lowest BCUT2D eigenvalue weighted by Gasteiger charge is -2.17. The molecule has 0 fully saturated rings. The molecule has 18 heavy (non-hydrogen) atoms. The molecule has 0 amide bonds. The average molecular weight is 261 g/mol. The van der Waals surface area contributed by atoms with Gasteiger partial charge in [0.25, 0.3) is 0 Å². The van der Waals surface area contributed by atoms with E-state index in [1.807, 2.05) is 30.2 Å². The molecular formula is C14H19N3S. The van der Waals surface area contributed by atoms with Gasteiger partial charge in [0.1, 0.15) is 0 Å². The highest BCUT2D eigenvalue weighted by molar-refractivity contribution is 7.99. The summed E-state index contributed by atoms with van der Waals surface area (Å²) in [5.74, 6) is 7.85. The molecule has 0 saturated carbocycles. The number of nitrogens with two attached hydrogens (primary N) is 1. The van der Waals surface area contributed by atoms with Crippen LogP contribution in [0.5, 0.6) is 0 Å². The van der Waals surface area contributed by atoms with Crippen molar-refractivity contribution in [3.63, 3.8) is 0 Å². The molecule has 1 heterocycles. The summed E-state index contributed by atoms with van der Waals surface area (Å²) in [7, 11) is 0. The number of fused-ring (bicyclic) bond motifs is 1. The van der Waals surface area contributed by atoms with Crippen LogP contribution in [0.4, 0.5) is 0 Å². The number of hydrazine groups is 1. The molecule has 0 aliphatic carbocycles. The summed E-state index contributed by atoms with van der Waals surface area (Å²) in [6.07, 6.45) is 4.93. The molecule has 0 radical (unpaired) electrons. The van der Waals surface area contributed by atoms with E-state index in [0.29, 0.717) is 0 Å². The normalized spacial score (nSPS) is 12.8. The van der Waals surface area contributed by atoms with Crippen molar-refractivity contribution in [2.75, 3.05) is 11.5 Å². The van der Waals surface area contributed by atoms with Crippen molar-refractivity contribution in [3.05, 3.63) is 42.2 Å². The van der Waals surface area contributed by atoms with Gasteiger partial charge in [0.05, 0.1) is 6.04 Å². The largest absolute Gasteiger partial charge is 0.271 e. The minimum atomic E-state index is 0.175. The van der Waals surface area contributed by atoms with E-state index < -0.39 is 0 Å². The lowest BCUT2D eigenvalue weighted by molar-refractivity contribution is 0.614. The third-order valence-electron chi connectivity index (χ3n) is 2.93. The minimum Gasteiger partial charge on any atom is -0.271 e. The van der Waals surface area contributed by atoms with Crippen molar-refractivity contribution in [3.8, 4) is 0 Å². The van der Waals surface area contributed by atoms with E-state index in [1.54, 1.807) is 0 Å². The summed E-state index contributed by atoms with van der Waals surface area (Å²) in [5, 5.41) is 2.39. The lowest BCUT2D eigenvalue weighted by atomic mass is 10.0. The van der Waals surface area contributed by atoms with E-state index in [2.05, 4.69) is 35.5 Å². The van der Waals surface area contributed by atoms with Crippen LogP contribution >= 0.6 is 11.8 Å². The fourth-order valence-electron chi connectivity index (χ4n) is 2.01. The van der Waals surface area contributed by atoms with Crippen molar-refractivity contribution >= 4 is 22.5 Å². The van der Waals surface area contributed by atoms with Gasteiger partial charge in [-0.3, -0.25) is 16.3 Å². The Morgan fingerprint density at radius 3 is 3.06 bits per heavy atom. The van der Waals surface area contributed by atoms with Gasteiger partial charge in [-0.2, -0.15) is 11.8 Å². The highest BCUT2D eigenvalue weighted by atomic mass is 32.2. The first-order valence-electron chi connectivity index (χ1n) is 6.23. The zero-order valence-electron chi connectivity index (χ0n) is 10.6. The molecule has 0 aliphatic rings. The van der Waals surface area contributed by atoms with E-state index in [-0.39, 0.29) is 6.04 Å². The van der Waals surface area contributed by atoms with Crippen LogP contribution < -0.4 is 11.3 Å². The Kier molecular flexibility index (Phi) is 4.99. The quantitative estimate of drug-likeness (QED) is 0.477. The van der Waals surface area contributed by atoms with Gasteiger partial charge in [-0.25, -0.2) is 0 Å². The number of thioether (sulfide) groups is 1. The monoisotopic (exact) mass is 261 g/mol. The predicted octanol–water partition coefficient (Wildman–Crippen LogP) is 2.88. The molecule has 1 aromatic carbocycles. The number of hydrogen-bond donors (Lipinski definition) is 2. The first-order valence-corrected chi connectivity index (χ1v) is 7.38. The van der Waals surface area contributed by atoms with Gasteiger partial charge in [0.2, 0.25) is 0 Å². The maximum absolute atomic E-state index is 5.69. The Labute approximate surface area is 112 Å². The van der Waals surface area contributed by atoms with Gasteiger partial charge in [-0.15, -0.1) is 0 Å². The van der Waals surface area contributed by atoms with Crippen LogP contribution in [0.15, 0.2) is 36.7 Å². The number of rotatable bonds is 6. The second kappa shape index (κ2) is 6.73. The second-order valence-electron chi connectivity index (χ2n) is 4.24. The van der Waals surface area contributed by atoms with Gasteiger partial charge in [-0.1, -0.05) is 25.1 Å². The van der Waals surface area contributed by atoms with E-state index >= 15 is 0 Å². The minimum absolute atomic E-state index is 0.175. The molecule has 4 heteroatoms. The second-order valence-corrected chi connectivity index (χ2v) is 5.39. The van der Waals surface area contributed by atoms with Crippen LogP contribution in [0.2, 0.25) is 0 Å². The topological polar surface area (TPSA) is 50.9 Å². The van der Waals surface area contributed by atoms with Crippen molar-refractivity contribution < 1.29 is 0 Å². The van der Waals surface area contributed by atoms with Gasteiger partial charge in [0.15, 0.2) is 0 Å². The highest BCUT2D eigenvalue weighted by Gasteiger charge is 2.12. The van der Waals surface area contributed by atoms with Gasteiger partial charge >= 0.3 is 0 Å². The van der Waals surface area contributed by atoms with Crippen LogP contribution in [0.1, 0.15) is 24.9 Å². The first kappa shape index (κ1) is 13.3. The average Bonchev–Trinajstić information content (AvgIpc) is 2.43. The fourth-order valence-corrected chi connectivity index (χ4v) is 2.98. The van der Waals surface area contributed by atoms with E-state index in [1.165, 1.54) is 28.5 Å². The molecular weight excluding hydrogens is 242 g/mol. The van der Waals surface area contributed by atoms with E-state index in [4.69, 9.17) is 5.84 Å². The summed E-state index contributed by atoms with van der Waals surface area (Å²) >= 11 is 1.93. The van der Waals surface area contributed by atoms with Gasteiger partial charge in [0, 0.05) is 23.5 Å². The van der Waals surface area contributed by atoms with E-state index in [0.717, 1.165) is 5.75 Å². The number of nitrogens with zero attached hydrogens (tertiary/aromatic N) is 1. The first-order chi connectivity index (χ1) is 8.86. The lowest BCUT2D eigenvalue weighted by Crippen LogP contribution is -2.30. The number of pyridine rings is 1. The number of hydrogen-bond acceptors (Lipinski definition) is 4. The molecule has 96 valence electrons. The number of benzene rings is 1. The Hall–Kier alpha value is -1.10. The molecule has 2 rings (SSSR count). The Bertz CT molecular complexity index is 496. The molecule has 2 aromatic rings.